The predicted octanol–water partition coefficient (Wildman–Crippen LogP) is 3.74. The summed E-state index contributed by atoms with van der Waals surface area (Å²) in [5.74, 6) is -0.745. The fraction of sp³-hybridized carbons (Fsp3) is 0.182. The topological polar surface area (TPSA) is 84.3 Å². The molecule has 0 aliphatic carbocycles. The molecule has 0 saturated carbocycles. The van der Waals surface area contributed by atoms with Crippen molar-refractivity contribution in [2.45, 2.75) is 19.4 Å². The number of para-hydroxylation sites is 2. The third-order valence-electron chi connectivity index (χ3n) is 4.94. The van der Waals surface area contributed by atoms with Gasteiger partial charge in [-0.1, -0.05) is 36.4 Å². The molecule has 0 unspecified atom stereocenters. The number of hydrogen-bond acceptors (Lipinski definition) is 4. The predicted molar refractivity (Wildman–Crippen MR) is 106 cm³/mol. The van der Waals surface area contributed by atoms with E-state index in [0.717, 1.165) is 27.4 Å². The Hall–Kier alpha value is -3.54. The van der Waals surface area contributed by atoms with Gasteiger partial charge in [0.2, 0.25) is 0 Å². The number of esters is 1. The average molecular weight is 376 g/mol. The fourth-order valence-electron chi connectivity index (χ4n) is 3.47. The lowest BCUT2D eigenvalue weighted by atomic mass is 10.0. The van der Waals surface area contributed by atoms with E-state index in [2.05, 4.69) is 10.3 Å². The number of aromatic nitrogens is 1. The SMILES string of the molecule is COC(=O)[C@@H](Cc1c[nH]c2ccccc12)NC(=O)c1oc2ccccc2c1C. The van der Waals surface area contributed by atoms with Crippen LogP contribution >= 0.6 is 0 Å². The maximum absolute atomic E-state index is 12.8. The molecule has 2 aromatic carbocycles. The molecule has 142 valence electrons. The van der Waals surface area contributed by atoms with Crippen LogP contribution in [0.5, 0.6) is 0 Å². The Labute approximate surface area is 161 Å². The molecule has 1 amide bonds. The molecular weight excluding hydrogens is 356 g/mol. The van der Waals surface area contributed by atoms with Crippen molar-refractivity contribution in [2.75, 3.05) is 7.11 Å². The quantitative estimate of drug-likeness (QED) is 0.520. The molecule has 2 heterocycles. The van der Waals surface area contributed by atoms with Crippen LogP contribution in [-0.4, -0.2) is 30.0 Å². The Bertz CT molecular complexity index is 1170. The molecule has 6 heteroatoms. The van der Waals surface area contributed by atoms with Gasteiger partial charge in [-0.15, -0.1) is 0 Å². The first-order valence-corrected chi connectivity index (χ1v) is 9.00. The highest BCUT2D eigenvalue weighted by Gasteiger charge is 2.26. The Morgan fingerprint density at radius 3 is 2.57 bits per heavy atom. The third kappa shape index (κ3) is 3.13. The van der Waals surface area contributed by atoms with Crippen LogP contribution in [0.25, 0.3) is 21.9 Å². The zero-order chi connectivity index (χ0) is 19.7. The number of aryl methyl sites for hydroxylation is 1. The summed E-state index contributed by atoms with van der Waals surface area (Å²) in [6.07, 6.45) is 2.15. The van der Waals surface area contributed by atoms with Crippen LogP contribution in [0.1, 0.15) is 21.7 Å². The number of amides is 1. The monoisotopic (exact) mass is 376 g/mol. The second-order valence-corrected chi connectivity index (χ2v) is 6.67. The van der Waals surface area contributed by atoms with Crippen molar-refractivity contribution in [1.82, 2.24) is 10.3 Å². The minimum Gasteiger partial charge on any atom is -0.467 e. The lowest BCUT2D eigenvalue weighted by Crippen LogP contribution is -2.43. The summed E-state index contributed by atoms with van der Waals surface area (Å²) in [4.78, 5) is 28.3. The van der Waals surface area contributed by atoms with Gasteiger partial charge in [-0.2, -0.15) is 0 Å². The molecule has 0 spiro atoms. The molecule has 28 heavy (non-hydrogen) atoms. The van der Waals surface area contributed by atoms with Crippen molar-refractivity contribution in [3.05, 3.63) is 71.6 Å². The van der Waals surface area contributed by atoms with E-state index < -0.39 is 17.9 Å². The van der Waals surface area contributed by atoms with E-state index in [1.54, 1.807) is 0 Å². The molecule has 2 aromatic heterocycles. The second-order valence-electron chi connectivity index (χ2n) is 6.67. The van der Waals surface area contributed by atoms with E-state index >= 15 is 0 Å². The average Bonchev–Trinajstić information content (AvgIpc) is 3.28. The summed E-state index contributed by atoms with van der Waals surface area (Å²) in [5, 5.41) is 4.65. The highest BCUT2D eigenvalue weighted by Crippen LogP contribution is 2.25. The molecule has 1 atom stereocenters. The van der Waals surface area contributed by atoms with Gasteiger partial charge < -0.3 is 19.5 Å². The van der Waals surface area contributed by atoms with Crippen molar-refractivity contribution in [3.8, 4) is 0 Å². The summed E-state index contributed by atoms with van der Waals surface area (Å²) in [7, 11) is 1.31. The standard InChI is InChI=1S/C22H20N2O4/c1-13-15-7-4-6-10-19(15)28-20(13)21(25)24-18(22(26)27-2)11-14-12-23-17-9-5-3-8-16(14)17/h3-10,12,18,23H,11H2,1-2H3,(H,24,25)/t18-/m1/s1. The van der Waals surface area contributed by atoms with E-state index in [0.29, 0.717) is 12.0 Å². The first-order chi connectivity index (χ1) is 13.6. The zero-order valence-electron chi connectivity index (χ0n) is 15.6. The Morgan fingerprint density at radius 1 is 1.11 bits per heavy atom. The van der Waals surface area contributed by atoms with Crippen molar-refractivity contribution >= 4 is 33.7 Å². The van der Waals surface area contributed by atoms with E-state index in [4.69, 9.17) is 9.15 Å². The fourth-order valence-corrected chi connectivity index (χ4v) is 3.47. The lowest BCUT2D eigenvalue weighted by molar-refractivity contribution is -0.142. The van der Waals surface area contributed by atoms with E-state index in [1.165, 1.54) is 7.11 Å². The Morgan fingerprint density at radius 2 is 1.82 bits per heavy atom. The van der Waals surface area contributed by atoms with Crippen LogP contribution in [0.4, 0.5) is 0 Å². The number of rotatable bonds is 5. The van der Waals surface area contributed by atoms with Crippen molar-refractivity contribution in [2.24, 2.45) is 0 Å². The van der Waals surface area contributed by atoms with E-state index in [9.17, 15) is 9.59 Å². The van der Waals surface area contributed by atoms with Gasteiger partial charge >= 0.3 is 5.97 Å². The highest BCUT2D eigenvalue weighted by molar-refractivity contribution is 6.00. The molecule has 0 radical (unpaired) electrons. The number of furan rings is 1. The molecular formula is C22H20N2O4. The molecule has 0 bridgehead atoms. The molecule has 6 nitrogen and oxygen atoms in total. The summed E-state index contributed by atoms with van der Waals surface area (Å²) in [6, 6.07) is 14.4. The third-order valence-corrected chi connectivity index (χ3v) is 4.94. The molecule has 2 N–H and O–H groups in total. The summed E-state index contributed by atoms with van der Waals surface area (Å²) in [5.41, 5.74) is 3.27. The molecule has 0 aliphatic rings. The number of nitrogens with one attached hydrogen (secondary N) is 2. The first kappa shape index (κ1) is 17.9. The number of fused-ring (bicyclic) bond motifs is 2. The molecule has 0 aliphatic heterocycles. The van der Waals surface area contributed by atoms with Crippen LogP contribution in [0.15, 0.2) is 59.1 Å². The van der Waals surface area contributed by atoms with Gasteiger partial charge in [-0.05, 0) is 24.6 Å². The minimum absolute atomic E-state index is 0.203. The van der Waals surface area contributed by atoms with Gasteiger partial charge in [-0.3, -0.25) is 4.79 Å². The smallest absolute Gasteiger partial charge is 0.328 e. The van der Waals surface area contributed by atoms with Crippen LogP contribution in [0.2, 0.25) is 0 Å². The van der Waals surface area contributed by atoms with Crippen LogP contribution < -0.4 is 5.32 Å². The minimum atomic E-state index is -0.829. The molecule has 4 rings (SSSR count). The molecule has 0 saturated heterocycles. The maximum Gasteiger partial charge on any atom is 0.328 e. The summed E-state index contributed by atoms with van der Waals surface area (Å²) >= 11 is 0. The summed E-state index contributed by atoms with van der Waals surface area (Å²) < 4.78 is 10.6. The Balaban J connectivity index is 1.62. The van der Waals surface area contributed by atoms with Crippen molar-refractivity contribution in [3.63, 3.8) is 0 Å². The van der Waals surface area contributed by atoms with E-state index in [1.807, 2.05) is 61.7 Å². The zero-order valence-corrected chi connectivity index (χ0v) is 15.6. The van der Waals surface area contributed by atoms with Crippen LogP contribution in [0, 0.1) is 6.92 Å². The van der Waals surface area contributed by atoms with Gasteiger partial charge in [0.05, 0.1) is 7.11 Å². The lowest BCUT2D eigenvalue weighted by Gasteiger charge is -2.15. The van der Waals surface area contributed by atoms with E-state index in [-0.39, 0.29) is 5.76 Å². The van der Waals surface area contributed by atoms with Gasteiger partial charge in [0.15, 0.2) is 5.76 Å². The largest absolute Gasteiger partial charge is 0.467 e. The summed E-state index contributed by atoms with van der Waals surface area (Å²) in [6.45, 7) is 1.83. The van der Waals surface area contributed by atoms with Gasteiger partial charge in [0, 0.05) is 34.5 Å². The number of carbonyl (C=O) groups excluding carboxylic acids is 2. The number of carbonyl (C=O) groups is 2. The normalized spacial score (nSPS) is 12.2. The number of H-pyrrole nitrogens is 1. The first-order valence-electron chi connectivity index (χ1n) is 9.00. The van der Waals surface area contributed by atoms with Gasteiger partial charge in [0.25, 0.3) is 5.91 Å². The van der Waals surface area contributed by atoms with Crippen LogP contribution in [0.3, 0.4) is 0 Å². The number of aromatic amines is 1. The number of methoxy groups -OCH3 is 1. The Kier molecular flexibility index (Phi) is 4.61. The molecule has 4 aromatic rings. The second kappa shape index (κ2) is 7.23. The van der Waals surface area contributed by atoms with Gasteiger partial charge in [-0.25, -0.2) is 4.79 Å². The number of hydrogen-bond donors (Lipinski definition) is 2. The van der Waals surface area contributed by atoms with Crippen molar-refractivity contribution in [1.29, 1.82) is 0 Å². The maximum atomic E-state index is 12.8. The van der Waals surface area contributed by atoms with Gasteiger partial charge in [0.1, 0.15) is 11.6 Å². The van der Waals surface area contributed by atoms with Crippen molar-refractivity contribution < 1.29 is 18.7 Å². The molecule has 0 fully saturated rings. The highest BCUT2D eigenvalue weighted by atomic mass is 16.5. The number of benzene rings is 2. The number of ether oxygens (including phenoxy) is 1. The van der Waals surface area contributed by atoms with Crippen LogP contribution in [-0.2, 0) is 16.0 Å².